The molecule has 0 bridgehead atoms. The van der Waals surface area contributed by atoms with Crippen molar-refractivity contribution in [1.82, 2.24) is 0 Å². The number of ether oxygens (including phenoxy) is 4. The molecule has 0 aliphatic carbocycles. The molecule has 6 unspecified atom stereocenters. The molecule has 1 saturated heterocycles. The molecule has 1 heterocycles. The lowest BCUT2D eigenvalue weighted by Gasteiger charge is -2.39. The molecule has 260 valence electrons. The van der Waals surface area contributed by atoms with E-state index in [1.165, 1.54) is 70.6 Å². The molecule has 1 rings (SSSR count). The lowest BCUT2D eigenvalue weighted by atomic mass is 9.99. The maximum atomic E-state index is 12.6. The molecule has 0 amide bonds. The van der Waals surface area contributed by atoms with E-state index >= 15 is 0 Å². The van der Waals surface area contributed by atoms with Crippen LogP contribution < -0.4 is 0 Å². The van der Waals surface area contributed by atoms with Gasteiger partial charge in [0.25, 0.3) is 0 Å². The average molecular weight is 633 g/mol. The molecule has 1 fully saturated rings. The van der Waals surface area contributed by atoms with Gasteiger partial charge >= 0.3 is 11.9 Å². The van der Waals surface area contributed by atoms with Crippen LogP contribution in [0.5, 0.6) is 0 Å². The monoisotopic (exact) mass is 632 g/mol. The van der Waals surface area contributed by atoms with Crippen molar-refractivity contribution >= 4 is 11.9 Å². The average Bonchev–Trinajstić information content (AvgIpc) is 3.02. The summed E-state index contributed by atoms with van der Waals surface area (Å²) in [6.45, 7) is 3.35. The summed E-state index contributed by atoms with van der Waals surface area (Å²) in [7, 11) is 0. The van der Waals surface area contributed by atoms with Gasteiger partial charge in [0.05, 0.1) is 13.2 Å². The predicted molar refractivity (Wildman–Crippen MR) is 169 cm³/mol. The highest BCUT2D eigenvalue weighted by Crippen LogP contribution is 2.22. The Hall–Kier alpha value is -1.30. The molecule has 0 aromatic rings. The topological polar surface area (TPSA) is 152 Å². The van der Waals surface area contributed by atoms with Gasteiger partial charge in [-0.3, -0.25) is 9.59 Å². The van der Waals surface area contributed by atoms with Crippen LogP contribution in [0.3, 0.4) is 0 Å². The SMILES string of the molecule is CCCCCCCCCCCCCCC(=O)OC(COC(=O)CCCCCCCCC)COC1OC(CO)C(O)C(O)C1O. The number of aliphatic hydroxyl groups is 4. The Morgan fingerprint density at radius 1 is 0.614 bits per heavy atom. The molecule has 0 saturated carbocycles. The number of hydrogen-bond acceptors (Lipinski definition) is 10. The van der Waals surface area contributed by atoms with Gasteiger partial charge in [0.15, 0.2) is 12.4 Å². The molecule has 10 nitrogen and oxygen atoms in total. The first-order chi connectivity index (χ1) is 21.3. The van der Waals surface area contributed by atoms with Crippen LogP contribution in [-0.4, -0.2) is 89.0 Å². The number of rotatable bonds is 28. The Morgan fingerprint density at radius 2 is 1.07 bits per heavy atom. The molecule has 0 radical (unpaired) electrons. The van der Waals surface area contributed by atoms with Crippen LogP contribution in [0, 0.1) is 0 Å². The molecule has 6 atom stereocenters. The Labute approximate surface area is 266 Å². The summed E-state index contributed by atoms with van der Waals surface area (Å²) in [4.78, 5) is 24.9. The minimum Gasteiger partial charge on any atom is -0.462 e. The molecule has 0 aromatic heterocycles. The number of carbonyl (C=O) groups is 2. The highest BCUT2D eigenvalue weighted by atomic mass is 16.7. The highest BCUT2D eigenvalue weighted by molar-refractivity contribution is 5.70. The van der Waals surface area contributed by atoms with Gasteiger partial charge in [-0.05, 0) is 12.8 Å². The van der Waals surface area contributed by atoms with E-state index in [1.807, 2.05) is 0 Å². The van der Waals surface area contributed by atoms with Crippen molar-refractivity contribution < 1.29 is 49.0 Å². The zero-order chi connectivity index (χ0) is 32.4. The first-order valence-corrected chi connectivity index (χ1v) is 17.6. The minimum absolute atomic E-state index is 0.211. The summed E-state index contributed by atoms with van der Waals surface area (Å²) in [5, 5.41) is 39.7. The van der Waals surface area contributed by atoms with E-state index in [0.29, 0.717) is 6.42 Å². The third kappa shape index (κ3) is 19.3. The van der Waals surface area contributed by atoms with Crippen molar-refractivity contribution in [2.45, 2.75) is 185 Å². The number of esters is 2. The summed E-state index contributed by atoms with van der Waals surface area (Å²) in [6, 6.07) is 0. The Morgan fingerprint density at radius 3 is 1.55 bits per heavy atom. The molecule has 0 spiro atoms. The van der Waals surface area contributed by atoms with E-state index in [-0.39, 0.29) is 32.0 Å². The van der Waals surface area contributed by atoms with Crippen LogP contribution >= 0.6 is 0 Å². The normalized spacial score (nSPS) is 22.5. The van der Waals surface area contributed by atoms with Gasteiger partial charge in [-0.15, -0.1) is 0 Å². The number of unbranched alkanes of at least 4 members (excludes halogenated alkanes) is 17. The van der Waals surface area contributed by atoms with Gasteiger partial charge in [0, 0.05) is 12.8 Å². The molecule has 4 N–H and O–H groups in total. The quantitative estimate of drug-likeness (QED) is 0.0644. The van der Waals surface area contributed by atoms with Crippen molar-refractivity contribution in [3.05, 3.63) is 0 Å². The van der Waals surface area contributed by atoms with Crippen LogP contribution in [-0.2, 0) is 28.5 Å². The standard InChI is InChI=1S/C34H64O10/c1-3-5-7-9-11-12-13-14-15-17-19-21-23-30(37)43-27(25-41-29(36)22-20-18-16-10-8-6-4-2)26-42-34-33(40)32(39)31(38)28(24-35)44-34/h27-28,31-35,38-40H,3-26H2,1-2H3. The second kappa shape index (κ2) is 26.9. The Bertz CT molecular complexity index is 704. The fraction of sp³-hybridized carbons (Fsp3) is 0.941. The zero-order valence-corrected chi connectivity index (χ0v) is 27.7. The van der Waals surface area contributed by atoms with Gasteiger partial charge < -0.3 is 39.4 Å². The predicted octanol–water partition coefficient (Wildman–Crippen LogP) is 5.49. The number of hydrogen-bond donors (Lipinski definition) is 4. The van der Waals surface area contributed by atoms with E-state index in [4.69, 9.17) is 18.9 Å². The zero-order valence-electron chi connectivity index (χ0n) is 27.7. The number of aliphatic hydroxyl groups excluding tert-OH is 4. The summed E-state index contributed by atoms with van der Waals surface area (Å²) < 4.78 is 21.9. The largest absolute Gasteiger partial charge is 0.462 e. The fourth-order valence-corrected chi connectivity index (χ4v) is 5.36. The van der Waals surface area contributed by atoms with E-state index in [9.17, 15) is 30.0 Å². The van der Waals surface area contributed by atoms with Gasteiger partial charge in [0.1, 0.15) is 31.0 Å². The molecular weight excluding hydrogens is 568 g/mol. The summed E-state index contributed by atoms with van der Waals surface area (Å²) >= 11 is 0. The highest BCUT2D eigenvalue weighted by Gasteiger charge is 2.44. The van der Waals surface area contributed by atoms with Crippen molar-refractivity contribution in [2.24, 2.45) is 0 Å². The van der Waals surface area contributed by atoms with Crippen molar-refractivity contribution in [1.29, 1.82) is 0 Å². The lowest BCUT2D eigenvalue weighted by Crippen LogP contribution is -2.59. The second-order valence-corrected chi connectivity index (χ2v) is 12.3. The van der Waals surface area contributed by atoms with Crippen molar-refractivity contribution in [3.8, 4) is 0 Å². The van der Waals surface area contributed by atoms with Crippen LogP contribution in [0.4, 0.5) is 0 Å². The maximum absolute atomic E-state index is 12.6. The van der Waals surface area contributed by atoms with Gasteiger partial charge in [-0.25, -0.2) is 0 Å². The minimum atomic E-state index is -1.59. The molecule has 44 heavy (non-hydrogen) atoms. The van der Waals surface area contributed by atoms with Gasteiger partial charge in [-0.2, -0.15) is 0 Å². The van der Waals surface area contributed by atoms with E-state index in [2.05, 4.69) is 13.8 Å². The van der Waals surface area contributed by atoms with Crippen molar-refractivity contribution in [3.63, 3.8) is 0 Å². The van der Waals surface area contributed by atoms with Gasteiger partial charge in [-0.1, -0.05) is 123 Å². The van der Waals surface area contributed by atoms with Crippen LogP contribution in [0.15, 0.2) is 0 Å². The molecule has 0 aromatic carbocycles. The Balaban J connectivity index is 2.43. The summed E-state index contributed by atoms with van der Waals surface area (Å²) in [5.41, 5.74) is 0. The fourth-order valence-electron chi connectivity index (χ4n) is 5.36. The van der Waals surface area contributed by atoms with Crippen LogP contribution in [0.1, 0.15) is 149 Å². The molecule has 1 aliphatic rings. The third-order valence-corrected chi connectivity index (χ3v) is 8.24. The summed E-state index contributed by atoms with van der Waals surface area (Å²) in [6.07, 6.45) is 14.2. The first-order valence-electron chi connectivity index (χ1n) is 17.6. The smallest absolute Gasteiger partial charge is 0.306 e. The third-order valence-electron chi connectivity index (χ3n) is 8.24. The van der Waals surface area contributed by atoms with E-state index in [0.717, 1.165) is 44.9 Å². The molecule has 1 aliphatic heterocycles. The number of carbonyl (C=O) groups excluding carboxylic acids is 2. The van der Waals surface area contributed by atoms with E-state index < -0.39 is 49.4 Å². The lowest BCUT2D eigenvalue weighted by molar-refractivity contribution is -0.305. The van der Waals surface area contributed by atoms with Crippen molar-refractivity contribution in [2.75, 3.05) is 19.8 Å². The first kappa shape index (κ1) is 40.7. The molecular formula is C34H64O10. The van der Waals surface area contributed by atoms with Crippen LogP contribution in [0.2, 0.25) is 0 Å². The van der Waals surface area contributed by atoms with Crippen LogP contribution in [0.25, 0.3) is 0 Å². The maximum Gasteiger partial charge on any atom is 0.306 e. The second-order valence-electron chi connectivity index (χ2n) is 12.3. The molecule has 10 heteroatoms. The van der Waals surface area contributed by atoms with Gasteiger partial charge in [0.2, 0.25) is 0 Å². The van der Waals surface area contributed by atoms with E-state index in [1.54, 1.807) is 0 Å². The Kier molecular flexibility index (Phi) is 24.9. The summed E-state index contributed by atoms with van der Waals surface area (Å²) in [5.74, 6) is -0.809.